The molecule has 1 aliphatic rings. The summed E-state index contributed by atoms with van der Waals surface area (Å²) in [6.45, 7) is 1.89. The molecule has 0 saturated carbocycles. The zero-order chi connectivity index (χ0) is 15.5. The van der Waals surface area contributed by atoms with E-state index in [4.69, 9.17) is 0 Å². The van der Waals surface area contributed by atoms with E-state index in [0.717, 1.165) is 16.8 Å². The van der Waals surface area contributed by atoms with Crippen LogP contribution in [0.1, 0.15) is 24.6 Å². The van der Waals surface area contributed by atoms with Crippen LogP contribution in [0.25, 0.3) is 16.9 Å². The van der Waals surface area contributed by atoms with Gasteiger partial charge >= 0.3 is 5.97 Å². The molecule has 1 aromatic carbocycles. The number of carbonyl (C=O) groups is 1. The maximum atomic E-state index is 12.2. The third-order valence-electron chi connectivity index (χ3n) is 4.38. The molecule has 0 saturated heterocycles. The number of hydrogen-bond donors (Lipinski definition) is 2. The van der Waals surface area contributed by atoms with Gasteiger partial charge in [-0.2, -0.15) is 0 Å². The van der Waals surface area contributed by atoms with E-state index in [-0.39, 0.29) is 17.6 Å². The SMILES string of the molecule is CC1(CC(=O)O)c2ccccc2-c2[nH]c(=O)c3nccn3c21. The number of aromatic nitrogens is 3. The Labute approximate surface area is 125 Å². The molecule has 0 fully saturated rings. The highest BCUT2D eigenvalue weighted by Gasteiger charge is 2.43. The molecule has 1 unspecified atom stereocenters. The van der Waals surface area contributed by atoms with Gasteiger partial charge in [-0.05, 0) is 12.5 Å². The molecule has 6 nitrogen and oxygen atoms in total. The van der Waals surface area contributed by atoms with Crippen molar-refractivity contribution in [1.82, 2.24) is 14.4 Å². The molecule has 0 bridgehead atoms. The van der Waals surface area contributed by atoms with E-state index in [1.54, 1.807) is 16.8 Å². The molecule has 3 aromatic rings. The van der Waals surface area contributed by atoms with Gasteiger partial charge in [-0.1, -0.05) is 24.3 Å². The Morgan fingerprint density at radius 1 is 1.41 bits per heavy atom. The van der Waals surface area contributed by atoms with Gasteiger partial charge < -0.3 is 10.1 Å². The summed E-state index contributed by atoms with van der Waals surface area (Å²) in [5.74, 6) is -0.885. The van der Waals surface area contributed by atoms with Crippen molar-refractivity contribution in [2.75, 3.05) is 0 Å². The number of fused-ring (bicyclic) bond motifs is 5. The van der Waals surface area contributed by atoms with Crippen LogP contribution in [0.3, 0.4) is 0 Å². The van der Waals surface area contributed by atoms with Crippen LogP contribution in [0.15, 0.2) is 41.5 Å². The number of aliphatic carboxylic acids is 1. The molecule has 1 atom stereocenters. The molecule has 1 aliphatic carbocycles. The molecule has 2 aromatic heterocycles. The molecule has 4 rings (SSSR count). The number of carboxylic acid groups (broad SMARTS) is 1. The van der Waals surface area contributed by atoms with Crippen molar-refractivity contribution in [3.8, 4) is 11.3 Å². The summed E-state index contributed by atoms with van der Waals surface area (Å²) in [5.41, 5.74) is 2.50. The summed E-state index contributed by atoms with van der Waals surface area (Å²) in [6, 6.07) is 7.58. The fourth-order valence-electron chi connectivity index (χ4n) is 3.53. The highest BCUT2D eigenvalue weighted by Crippen LogP contribution is 2.49. The first-order chi connectivity index (χ1) is 10.5. The first-order valence-electron chi connectivity index (χ1n) is 6.94. The highest BCUT2D eigenvalue weighted by atomic mass is 16.4. The quantitative estimate of drug-likeness (QED) is 0.754. The van der Waals surface area contributed by atoms with Crippen LogP contribution in [0.4, 0.5) is 0 Å². The maximum Gasteiger partial charge on any atom is 0.304 e. The number of H-pyrrole nitrogens is 1. The topological polar surface area (TPSA) is 87.5 Å². The first-order valence-corrected chi connectivity index (χ1v) is 6.94. The molecule has 22 heavy (non-hydrogen) atoms. The van der Waals surface area contributed by atoms with E-state index in [0.29, 0.717) is 5.69 Å². The zero-order valence-electron chi connectivity index (χ0n) is 11.8. The predicted molar refractivity (Wildman–Crippen MR) is 80.0 cm³/mol. The largest absolute Gasteiger partial charge is 0.481 e. The molecule has 2 heterocycles. The van der Waals surface area contributed by atoms with Crippen molar-refractivity contribution in [2.45, 2.75) is 18.8 Å². The monoisotopic (exact) mass is 295 g/mol. The van der Waals surface area contributed by atoms with Crippen LogP contribution >= 0.6 is 0 Å². The van der Waals surface area contributed by atoms with Crippen LogP contribution in [0.2, 0.25) is 0 Å². The summed E-state index contributed by atoms with van der Waals surface area (Å²) in [4.78, 5) is 30.6. The lowest BCUT2D eigenvalue weighted by Crippen LogP contribution is -2.28. The Hall–Kier alpha value is -2.89. The van der Waals surface area contributed by atoms with Crippen LogP contribution in [-0.4, -0.2) is 25.4 Å². The van der Waals surface area contributed by atoms with Gasteiger partial charge in [0, 0.05) is 23.4 Å². The fraction of sp³-hybridized carbons (Fsp3) is 0.188. The van der Waals surface area contributed by atoms with Crippen molar-refractivity contribution in [3.05, 3.63) is 58.3 Å². The van der Waals surface area contributed by atoms with E-state index in [2.05, 4.69) is 9.97 Å². The minimum absolute atomic E-state index is 0.0592. The Balaban J connectivity index is 2.18. The Bertz CT molecular complexity index is 986. The van der Waals surface area contributed by atoms with Crippen LogP contribution in [-0.2, 0) is 10.2 Å². The van der Waals surface area contributed by atoms with Crippen LogP contribution in [0.5, 0.6) is 0 Å². The van der Waals surface area contributed by atoms with Crippen molar-refractivity contribution >= 4 is 11.6 Å². The minimum Gasteiger partial charge on any atom is -0.481 e. The lowest BCUT2D eigenvalue weighted by atomic mass is 9.80. The Morgan fingerprint density at radius 3 is 2.95 bits per heavy atom. The first kappa shape index (κ1) is 12.8. The maximum absolute atomic E-state index is 12.2. The smallest absolute Gasteiger partial charge is 0.304 e. The molecule has 0 spiro atoms. The van der Waals surface area contributed by atoms with Gasteiger partial charge in [-0.3, -0.25) is 14.0 Å². The van der Waals surface area contributed by atoms with E-state index in [1.807, 2.05) is 31.2 Å². The number of imidazole rings is 1. The minimum atomic E-state index is -0.885. The molecule has 6 heteroatoms. The summed E-state index contributed by atoms with van der Waals surface area (Å²) in [5, 5.41) is 9.37. The third kappa shape index (κ3) is 1.46. The summed E-state index contributed by atoms with van der Waals surface area (Å²) in [7, 11) is 0. The van der Waals surface area contributed by atoms with Gasteiger partial charge in [0.25, 0.3) is 5.56 Å². The fourth-order valence-corrected chi connectivity index (χ4v) is 3.53. The molecule has 0 radical (unpaired) electrons. The van der Waals surface area contributed by atoms with E-state index in [9.17, 15) is 14.7 Å². The Morgan fingerprint density at radius 2 is 2.18 bits per heavy atom. The number of hydrogen-bond acceptors (Lipinski definition) is 3. The number of nitrogens with zero attached hydrogens (tertiary/aromatic N) is 2. The highest BCUT2D eigenvalue weighted by molar-refractivity contribution is 5.81. The number of carboxylic acids is 1. The number of rotatable bonds is 2. The van der Waals surface area contributed by atoms with E-state index < -0.39 is 11.4 Å². The molecular formula is C16H13N3O3. The number of nitrogens with one attached hydrogen (secondary N) is 1. The van der Waals surface area contributed by atoms with Crippen molar-refractivity contribution < 1.29 is 9.90 Å². The second-order valence-electron chi connectivity index (χ2n) is 5.75. The predicted octanol–water partition coefficient (Wildman–Crippen LogP) is 1.78. The van der Waals surface area contributed by atoms with Gasteiger partial charge in [0.1, 0.15) is 0 Å². The summed E-state index contributed by atoms with van der Waals surface area (Å²) >= 11 is 0. The zero-order valence-corrected chi connectivity index (χ0v) is 11.8. The lowest BCUT2D eigenvalue weighted by molar-refractivity contribution is -0.138. The van der Waals surface area contributed by atoms with Crippen molar-refractivity contribution in [3.63, 3.8) is 0 Å². The van der Waals surface area contributed by atoms with E-state index >= 15 is 0 Å². The Kier molecular flexibility index (Phi) is 2.37. The van der Waals surface area contributed by atoms with Gasteiger partial charge in [0.05, 0.1) is 17.8 Å². The molecule has 0 amide bonds. The van der Waals surface area contributed by atoms with Gasteiger partial charge in [-0.25, -0.2) is 4.98 Å². The van der Waals surface area contributed by atoms with Gasteiger partial charge in [-0.15, -0.1) is 0 Å². The molecule has 110 valence electrons. The van der Waals surface area contributed by atoms with Crippen molar-refractivity contribution in [1.29, 1.82) is 0 Å². The second-order valence-corrected chi connectivity index (χ2v) is 5.75. The van der Waals surface area contributed by atoms with Gasteiger partial charge in [0.15, 0.2) is 0 Å². The van der Waals surface area contributed by atoms with Crippen LogP contribution in [0, 0.1) is 0 Å². The standard InChI is InChI=1S/C16H13N3O3/c1-16(8-11(20)21)10-5-3-2-4-9(10)12-13(16)19-7-6-17-14(19)15(22)18-12/h2-7H,8H2,1H3,(H,18,22)(H,20,21). The molecule has 0 aliphatic heterocycles. The average Bonchev–Trinajstić information content (AvgIpc) is 3.03. The average molecular weight is 295 g/mol. The number of aromatic amines is 1. The molecular weight excluding hydrogens is 282 g/mol. The summed E-state index contributed by atoms with van der Waals surface area (Å²) < 4.78 is 1.71. The lowest BCUT2D eigenvalue weighted by Gasteiger charge is -2.25. The molecule has 2 N–H and O–H groups in total. The number of benzene rings is 1. The normalized spacial score (nSPS) is 19.1. The van der Waals surface area contributed by atoms with Crippen LogP contribution < -0.4 is 5.56 Å². The third-order valence-corrected chi connectivity index (χ3v) is 4.38. The van der Waals surface area contributed by atoms with E-state index in [1.165, 1.54) is 0 Å². The second kappa shape index (κ2) is 4.07. The van der Waals surface area contributed by atoms with Gasteiger partial charge in [0.2, 0.25) is 5.65 Å². The summed E-state index contributed by atoms with van der Waals surface area (Å²) in [6.07, 6.45) is 3.20. The van der Waals surface area contributed by atoms with Crippen molar-refractivity contribution in [2.24, 2.45) is 0 Å².